The number of nitrogens with two attached hydrogens (primary N) is 1. The normalized spacial score (nSPS) is 18.7. The highest BCUT2D eigenvalue weighted by Crippen LogP contribution is 2.22. The Bertz CT molecular complexity index is 173. The summed E-state index contributed by atoms with van der Waals surface area (Å²) in [4.78, 5) is 2.49. The van der Waals surface area contributed by atoms with Crippen LogP contribution in [0.3, 0.4) is 0 Å². The largest absolute Gasteiger partial charge is 0.388 e. The molecule has 82 valence electrons. The molecule has 1 aliphatic carbocycles. The molecule has 1 rings (SSSR count). The maximum atomic E-state index is 7.23. The minimum atomic E-state index is 0.319. The second-order valence-corrected chi connectivity index (χ2v) is 4.20. The lowest BCUT2D eigenvalue weighted by atomic mass is 9.94. The highest BCUT2D eigenvalue weighted by Gasteiger charge is 2.19. The minimum Gasteiger partial charge on any atom is -0.388 e. The molecule has 3 heteroatoms. The van der Waals surface area contributed by atoms with E-state index in [4.69, 9.17) is 11.1 Å². The summed E-state index contributed by atoms with van der Waals surface area (Å²) in [6.45, 7) is 4.27. The second kappa shape index (κ2) is 6.02. The molecule has 3 nitrogen and oxygen atoms in total. The van der Waals surface area contributed by atoms with E-state index < -0.39 is 0 Å². The highest BCUT2D eigenvalue weighted by molar-refractivity contribution is 5.76. The topological polar surface area (TPSA) is 53.1 Å². The molecular formula is C11H23N3. The van der Waals surface area contributed by atoms with Crippen molar-refractivity contribution in [2.24, 2.45) is 5.73 Å². The van der Waals surface area contributed by atoms with Gasteiger partial charge in [0, 0.05) is 19.0 Å². The van der Waals surface area contributed by atoms with Crippen molar-refractivity contribution >= 4 is 5.84 Å². The van der Waals surface area contributed by atoms with Crippen molar-refractivity contribution in [1.29, 1.82) is 5.41 Å². The molecule has 0 unspecified atom stereocenters. The van der Waals surface area contributed by atoms with Crippen LogP contribution in [0.25, 0.3) is 0 Å². The van der Waals surface area contributed by atoms with Crippen molar-refractivity contribution < 1.29 is 0 Å². The maximum Gasteiger partial charge on any atom is 0.0918 e. The van der Waals surface area contributed by atoms with E-state index in [0.29, 0.717) is 5.84 Å². The molecule has 0 aromatic rings. The van der Waals surface area contributed by atoms with E-state index >= 15 is 0 Å². The van der Waals surface area contributed by atoms with Gasteiger partial charge in [0.2, 0.25) is 0 Å². The van der Waals surface area contributed by atoms with Gasteiger partial charge in [0.25, 0.3) is 0 Å². The zero-order valence-electron chi connectivity index (χ0n) is 9.26. The van der Waals surface area contributed by atoms with Gasteiger partial charge < -0.3 is 10.6 Å². The summed E-state index contributed by atoms with van der Waals surface area (Å²) >= 11 is 0. The second-order valence-electron chi connectivity index (χ2n) is 4.20. The van der Waals surface area contributed by atoms with Crippen LogP contribution in [0.2, 0.25) is 0 Å². The van der Waals surface area contributed by atoms with Crippen LogP contribution in [0.15, 0.2) is 0 Å². The van der Waals surface area contributed by atoms with Gasteiger partial charge in [-0.1, -0.05) is 26.2 Å². The summed E-state index contributed by atoms with van der Waals surface area (Å²) < 4.78 is 0. The molecule has 0 bridgehead atoms. The molecule has 0 atom stereocenters. The highest BCUT2D eigenvalue weighted by atomic mass is 15.1. The molecule has 0 amide bonds. The zero-order valence-corrected chi connectivity index (χ0v) is 9.26. The number of nitrogens with one attached hydrogen (secondary N) is 1. The summed E-state index contributed by atoms with van der Waals surface area (Å²) in [5.41, 5.74) is 5.38. The molecule has 0 spiro atoms. The minimum absolute atomic E-state index is 0.319. The van der Waals surface area contributed by atoms with E-state index in [2.05, 4.69) is 11.8 Å². The smallest absolute Gasteiger partial charge is 0.0918 e. The van der Waals surface area contributed by atoms with E-state index in [-0.39, 0.29) is 0 Å². The van der Waals surface area contributed by atoms with E-state index in [1.807, 2.05) is 0 Å². The van der Waals surface area contributed by atoms with Crippen LogP contribution in [-0.4, -0.2) is 29.9 Å². The summed E-state index contributed by atoms with van der Waals surface area (Å²) in [6, 6.07) is 0.757. The molecule has 0 saturated heterocycles. The van der Waals surface area contributed by atoms with Crippen LogP contribution in [0.1, 0.15) is 45.4 Å². The lowest BCUT2D eigenvalue weighted by Gasteiger charge is -2.33. The van der Waals surface area contributed by atoms with Crippen LogP contribution in [0.5, 0.6) is 0 Å². The Balaban J connectivity index is 2.31. The third kappa shape index (κ3) is 3.66. The summed E-state index contributed by atoms with van der Waals surface area (Å²) in [5, 5.41) is 7.23. The van der Waals surface area contributed by atoms with E-state index in [9.17, 15) is 0 Å². The van der Waals surface area contributed by atoms with Crippen molar-refractivity contribution in [2.45, 2.75) is 51.5 Å². The third-order valence-corrected chi connectivity index (χ3v) is 3.17. The van der Waals surface area contributed by atoms with E-state index in [1.165, 1.54) is 32.1 Å². The van der Waals surface area contributed by atoms with E-state index in [0.717, 1.165) is 25.6 Å². The zero-order chi connectivity index (χ0) is 10.4. The predicted octanol–water partition coefficient (Wildman–Crippen LogP) is 1.97. The first-order valence-corrected chi connectivity index (χ1v) is 5.81. The lowest BCUT2D eigenvalue weighted by Crippen LogP contribution is -2.38. The average Bonchev–Trinajstić information content (AvgIpc) is 2.20. The fraction of sp³-hybridized carbons (Fsp3) is 0.909. The summed E-state index contributed by atoms with van der Waals surface area (Å²) in [5.74, 6) is 0.319. The van der Waals surface area contributed by atoms with Gasteiger partial charge in [0.1, 0.15) is 0 Å². The van der Waals surface area contributed by atoms with Crippen LogP contribution >= 0.6 is 0 Å². The van der Waals surface area contributed by atoms with Crippen molar-refractivity contribution in [3.63, 3.8) is 0 Å². The van der Waals surface area contributed by atoms with Gasteiger partial charge in [0.05, 0.1) is 5.84 Å². The van der Waals surface area contributed by atoms with Crippen LogP contribution in [-0.2, 0) is 0 Å². The lowest BCUT2D eigenvalue weighted by molar-refractivity contribution is 0.168. The molecule has 0 heterocycles. The first-order chi connectivity index (χ1) is 6.74. The number of rotatable bonds is 5. The van der Waals surface area contributed by atoms with Crippen LogP contribution in [0.4, 0.5) is 0 Å². The first kappa shape index (κ1) is 11.5. The molecule has 0 aromatic heterocycles. The Morgan fingerprint density at radius 1 is 1.36 bits per heavy atom. The number of nitrogens with zero attached hydrogens (tertiary/aromatic N) is 1. The van der Waals surface area contributed by atoms with Gasteiger partial charge in [-0.15, -0.1) is 0 Å². The molecule has 0 aliphatic heterocycles. The van der Waals surface area contributed by atoms with Gasteiger partial charge in [-0.2, -0.15) is 0 Å². The molecule has 1 saturated carbocycles. The Morgan fingerprint density at radius 2 is 2.00 bits per heavy atom. The quantitative estimate of drug-likeness (QED) is 0.523. The Hall–Kier alpha value is -0.570. The molecule has 1 aliphatic rings. The molecule has 14 heavy (non-hydrogen) atoms. The molecule has 0 radical (unpaired) electrons. The average molecular weight is 197 g/mol. The van der Waals surface area contributed by atoms with E-state index in [1.54, 1.807) is 0 Å². The number of amidine groups is 1. The van der Waals surface area contributed by atoms with Crippen molar-refractivity contribution in [2.75, 3.05) is 13.1 Å². The monoisotopic (exact) mass is 197 g/mol. The van der Waals surface area contributed by atoms with Gasteiger partial charge in [0.15, 0.2) is 0 Å². The third-order valence-electron chi connectivity index (χ3n) is 3.17. The van der Waals surface area contributed by atoms with Gasteiger partial charge >= 0.3 is 0 Å². The van der Waals surface area contributed by atoms with Crippen molar-refractivity contribution in [3.05, 3.63) is 0 Å². The first-order valence-electron chi connectivity index (χ1n) is 5.81. The van der Waals surface area contributed by atoms with Gasteiger partial charge in [-0.25, -0.2) is 0 Å². The summed E-state index contributed by atoms with van der Waals surface area (Å²) in [6.07, 6.45) is 7.56. The number of hydrogen-bond donors (Lipinski definition) is 2. The Morgan fingerprint density at radius 3 is 2.50 bits per heavy atom. The number of hydrogen-bond acceptors (Lipinski definition) is 2. The van der Waals surface area contributed by atoms with Crippen LogP contribution < -0.4 is 5.73 Å². The molecule has 3 N–H and O–H groups in total. The van der Waals surface area contributed by atoms with Crippen molar-refractivity contribution in [3.8, 4) is 0 Å². The maximum absolute atomic E-state index is 7.23. The van der Waals surface area contributed by atoms with Crippen molar-refractivity contribution in [1.82, 2.24) is 4.90 Å². The Labute approximate surface area is 87.2 Å². The molecule has 0 aromatic carbocycles. The van der Waals surface area contributed by atoms with Gasteiger partial charge in [-0.05, 0) is 19.4 Å². The predicted molar refractivity (Wildman–Crippen MR) is 60.7 cm³/mol. The molecular weight excluding hydrogens is 174 g/mol. The standard InChI is InChI=1S/C11H23N3/c1-2-14(9-8-11(12)13)10-6-4-3-5-7-10/h10H,2-9H2,1H3,(H3,12,13). The summed E-state index contributed by atoms with van der Waals surface area (Å²) in [7, 11) is 0. The van der Waals surface area contributed by atoms with Crippen LogP contribution in [0, 0.1) is 5.41 Å². The SMILES string of the molecule is CCN(CCC(=N)N)C1CCCCC1. The fourth-order valence-corrected chi connectivity index (χ4v) is 2.31. The molecule has 1 fully saturated rings. The fourth-order valence-electron chi connectivity index (χ4n) is 2.31. The van der Waals surface area contributed by atoms with Gasteiger partial charge in [-0.3, -0.25) is 5.41 Å². The Kier molecular flexibility index (Phi) is 4.94.